The topological polar surface area (TPSA) is 37.3 Å². The van der Waals surface area contributed by atoms with Crippen LogP contribution < -0.4 is 0 Å². The number of ketones is 1. The summed E-state index contributed by atoms with van der Waals surface area (Å²) in [7, 11) is 0. The molecule has 88 valence electrons. The maximum absolute atomic E-state index is 12.6. The molecular formula is C11H11F3O2. The molecule has 0 radical (unpaired) electrons. The van der Waals surface area contributed by atoms with E-state index in [0.717, 1.165) is 6.07 Å². The Morgan fingerprint density at radius 1 is 1.38 bits per heavy atom. The Hall–Kier alpha value is -1.36. The fourth-order valence-electron chi connectivity index (χ4n) is 1.43. The van der Waals surface area contributed by atoms with Crippen molar-refractivity contribution in [2.45, 2.75) is 25.6 Å². The molecule has 0 aliphatic carbocycles. The summed E-state index contributed by atoms with van der Waals surface area (Å²) in [5.41, 5.74) is -1.16. The first-order valence-corrected chi connectivity index (χ1v) is 4.66. The fraction of sp³-hybridized carbons (Fsp3) is 0.364. The van der Waals surface area contributed by atoms with Crippen molar-refractivity contribution >= 4 is 5.78 Å². The second kappa shape index (κ2) is 4.65. The minimum Gasteiger partial charge on any atom is -0.388 e. The van der Waals surface area contributed by atoms with E-state index in [2.05, 4.69) is 0 Å². The molecule has 0 bridgehead atoms. The highest BCUT2D eigenvalue weighted by atomic mass is 19.4. The molecule has 16 heavy (non-hydrogen) atoms. The van der Waals surface area contributed by atoms with Crippen molar-refractivity contribution in [3.63, 3.8) is 0 Å². The van der Waals surface area contributed by atoms with Crippen LogP contribution in [0.3, 0.4) is 0 Å². The van der Waals surface area contributed by atoms with E-state index in [4.69, 9.17) is 0 Å². The van der Waals surface area contributed by atoms with E-state index in [0.29, 0.717) is 0 Å². The van der Waals surface area contributed by atoms with Gasteiger partial charge in [-0.1, -0.05) is 18.2 Å². The van der Waals surface area contributed by atoms with Gasteiger partial charge in [0.1, 0.15) is 5.78 Å². The molecule has 1 unspecified atom stereocenters. The quantitative estimate of drug-likeness (QED) is 0.869. The summed E-state index contributed by atoms with van der Waals surface area (Å²) in [4.78, 5) is 10.7. The van der Waals surface area contributed by atoms with Crippen LogP contribution in [0.2, 0.25) is 0 Å². The van der Waals surface area contributed by atoms with Gasteiger partial charge in [0.15, 0.2) is 0 Å². The fourth-order valence-corrected chi connectivity index (χ4v) is 1.43. The molecule has 1 atom stereocenters. The van der Waals surface area contributed by atoms with Crippen LogP contribution in [0, 0.1) is 0 Å². The van der Waals surface area contributed by atoms with Crippen molar-refractivity contribution in [3.8, 4) is 0 Å². The molecule has 0 saturated carbocycles. The molecule has 1 aromatic rings. The highest BCUT2D eigenvalue weighted by Gasteiger charge is 2.34. The van der Waals surface area contributed by atoms with Crippen LogP contribution in [0.1, 0.15) is 30.6 Å². The van der Waals surface area contributed by atoms with Gasteiger partial charge in [0.25, 0.3) is 0 Å². The highest BCUT2D eigenvalue weighted by molar-refractivity contribution is 5.76. The summed E-state index contributed by atoms with van der Waals surface area (Å²) in [6.45, 7) is 1.22. The van der Waals surface area contributed by atoms with Crippen molar-refractivity contribution in [2.24, 2.45) is 0 Å². The average molecular weight is 232 g/mol. The third-order valence-corrected chi connectivity index (χ3v) is 2.11. The molecule has 0 amide bonds. The van der Waals surface area contributed by atoms with Crippen molar-refractivity contribution in [2.75, 3.05) is 0 Å². The minimum atomic E-state index is -4.52. The molecule has 5 heteroatoms. The zero-order valence-corrected chi connectivity index (χ0v) is 8.58. The molecule has 0 spiro atoms. The van der Waals surface area contributed by atoms with Crippen molar-refractivity contribution in [3.05, 3.63) is 35.4 Å². The smallest absolute Gasteiger partial charge is 0.388 e. The molecule has 1 aromatic carbocycles. The standard InChI is InChI=1S/C11H11F3O2/c1-7(15)6-10(16)8-4-2-3-5-9(8)11(12,13)14/h2-5,10,16H,6H2,1H3. The number of hydrogen-bond donors (Lipinski definition) is 1. The van der Waals surface area contributed by atoms with Crippen LogP contribution in [0.4, 0.5) is 13.2 Å². The Morgan fingerprint density at radius 2 is 1.94 bits per heavy atom. The first-order valence-electron chi connectivity index (χ1n) is 4.66. The van der Waals surface area contributed by atoms with Crippen LogP contribution in [-0.2, 0) is 11.0 Å². The Morgan fingerprint density at radius 3 is 2.44 bits per heavy atom. The summed E-state index contributed by atoms with van der Waals surface area (Å²) >= 11 is 0. The van der Waals surface area contributed by atoms with Gasteiger partial charge in [0.2, 0.25) is 0 Å². The number of rotatable bonds is 3. The van der Waals surface area contributed by atoms with Gasteiger partial charge in [-0.05, 0) is 18.6 Å². The van der Waals surface area contributed by atoms with Crippen LogP contribution in [-0.4, -0.2) is 10.9 Å². The first kappa shape index (κ1) is 12.7. The van der Waals surface area contributed by atoms with Crippen molar-refractivity contribution in [1.29, 1.82) is 0 Å². The number of carbonyl (C=O) groups excluding carboxylic acids is 1. The molecule has 0 heterocycles. The van der Waals surface area contributed by atoms with Gasteiger partial charge in [-0.15, -0.1) is 0 Å². The van der Waals surface area contributed by atoms with Crippen LogP contribution in [0.15, 0.2) is 24.3 Å². The Kier molecular flexibility index (Phi) is 3.70. The van der Waals surface area contributed by atoms with Crippen LogP contribution in [0.25, 0.3) is 0 Å². The van der Waals surface area contributed by atoms with E-state index in [1.807, 2.05) is 0 Å². The van der Waals surface area contributed by atoms with Gasteiger partial charge < -0.3 is 5.11 Å². The largest absolute Gasteiger partial charge is 0.416 e. The van der Waals surface area contributed by atoms with Crippen LogP contribution >= 0.6 is 0 Å². The number of aliphatic hydroxyl groups excluding tert-OH is 1. The molecule has 1 N–H and O–H groups in total. The monoisotopic (exact) mass is 232 g/mol. The second-order valence-electron chi connectivity index (χ2n) is 3.51. The summed E-state index contributed by atoms with van der Waals surface area (Å²) in [5, 5.41) is 9.51. The maximum atomic E-state index is 12.6. The lowest BCUT2D eigenvalue weighted by Crippen LogP contribution is -2.13. The number of Topliss-reactive ketones (excluding diaryl/α,β-unsaturated/α-hetero) is 1. The molecule has 0 fully saturated rings. The molecular weight excluding hydrogens is 221 g/mol. The normalized spacial score (nSPS) is 13.6. The van der Waals surface area contributed by atoms with Gasteiger partial charge in [-0.3, -0.25) is 4.79 Å². The average Bonchev–Trinajstić information content (AvgIpc) is 2.15. The Bertz CT molecular complexity index is 385. The number of alkyl halides is 3. The highest BCUT2D eigenvalue weighted by Crippen LogP contribution is 2.35. The summed E-state index contributed by atoms with van der Waals surface area (Å²) in [5.74, 6) is -0.357. The molecule has 0 aromatic heterocycles. The lowest BCUT2D eigenvalue weighted by Gasteiger charge is -2.16. The lowest BCUT2D eigenvalue weighted by atomic mass is 9.99. The second-order valence-corrected chi connectivity index (χ2v) is 3.51. The van der Waals surface area contributed by atoms with E-state index in [-0.39, 0.29) is 17.8 Å². The third-order valence-electron chi connectivity index (χ3n) is 2.11. The third kappa shape index (κ3) is 3.06. The summed E-state index contributed by atoms with van der Waals surface area (Å²) in [6, 6.07) is 4.70. The number of hydrogen-bond acceptors (Lipinski definition) is 2. The molecule has 0 saturated heterocycles. The zero-order chi connectivity index (χ0) is 12.3. The predicted molar refractivity (Wildman–Crippen MR) is 51.7 cm³/mol. The number of benzene rings is 1. The minimum absolute atomic E-state index is 0.259. The van der Waals surface area contributed by atoms with Gasteiger partial charge in [0, 0.05) is 6.42 Å². The van der Waals surface area contributed by atoms with Gasteiger partial charge in [0.05, 0.1) is 11.7 Å². The maximum Gasteiger partial charge on any atom is 0.416 e. The Labute approximate surface area is 90.7 Å². The number of aliphatic hydroxyl groups is 1. The van der Waals surface area contributed by atoms with Gasteiger partial charge in [-0.2, -0.15) is 13.2 Å². The number of halogens is 3. The van der Waals surface area contributed by atoms with Crippen molar-refractivity contribution in [1.82, 2.24) is 0 Å². The summed E-state index contributed by atoms with van der Waals surface area (Å²) < 4.78 is 37.7. The van der Waals surface area contributed by atoms with E-state index < -0.39 is 17.8 Å². The molecule has 0 aliphatic rings. The lowest BCUT2D eigenvalue weighted by molar-refractivity contribution is -0.139. The van der Waals surface area contributed by atoms with Gasteiger partial charge in [-0.25, -0.2) is 0 Å². The summed E-state index contributed by atoms with van der Waals surface area (Å²) in [6.07, 6.45) is -6.24. The van der Waals surface area contributed by atoms with E-state index >= 15 is 0 Å². The van der Waals surface area contributed by atoms with Crippen LogP contribution in [0.5, 0.6) is 0 Å². The van der Waals surface area contributed by atoms with Crippen molar-refractivity contribution < 1.29 is 23.1 Å². The number of carbonyl (C=O) groups is 1. The SMILES string of the molecule is CC(=O)CC(O)c1ccccc1C(F)(F)F. The first-order chi connectivity index (χ1) is 7.32. The predicted octanol–water partition coefficient (Wildman–Crippen LogP) is 2.72. The van der Waals surface area contributed by atoms with E-state index in [1.54, 1.807) is 0 Å². The van der Waals surface area contributed by atoms with E-state index in [1.165, 1.54) is 25.1 Å². The molecule has 0 aliphatic heterocycles. The van der Waals surface area contributed by atoms with Gasteiger partial charge >= 0.3 is 6.18 Å². The van der Waals surface area contributed by atoms with E-state index in [9.17, 15) is 23.1 Å². The molecule has 2 nitrogen and oxygen atoms in total. The zero-order valence-electron chi connectivity index (χ0n) is 8.58. The molecule has 1 rings (SSSR count). The Balaban J connectivity index is 3.08.